The van der Waals surface area contributed by atoms with Crippen molar-refractivity contribution in [1.29, 1.82) is 21.0 Å². The van der Waals surface area contributed by atoms with Crippen LogP contribution in [0.3, 0.4) is 0 Å². The van der Waals surface area contributed by atoms with E-state index in [1.54, 1.807) is 0 Å². The van der Waals surface area contributed by atoms with Crippen LogP contribution in [0.15, 0.2) is 48.5 Å². The van der Waals surface area contributed by atoms with E-state index >= 15 is 0 Å². The Morgan fingerprint density at radius 1 is 0.512 bits per heavy atom. The summed E-state index contributed by atoms with van der Waals surface area (Å²) in [7, 11) is 0. The fourth-order valence-corrected chi connectivity index (χ4v) is 3.62. The fraction of sp³-hybridized carbons (Fsp3) is 0.143. The zero-order chi connectivity index (χ0) is 32.3. The highest BCUT2D eigenvalue weighted by molar-refractivity contribution is 5.77. The van der Waals surface area contributed by atoms with E-state index in [9.17, 15) is 60.6 Å². The Labute approximate surface area is 235 Å². The van der Waals surface area contributed by atoms with Crippen LogP contribution in [-0.2, 0) is 18.5 Å². The van der Waals surface area contributed by atoms with Crippen molar-refractivity contribution in [3.63, 3.8) is 0 Å². The van der Waals surface area contributed by atoms with Crippen LogP contribution < -0.4 is 19.9 Å². The number of nitriles is 4. The number of benzene rings is 3. The minimum Gasteiger partial charge on any atom is -0.457 e. The molecule has 0 aliphatic carbocycles. The highest BCUT2D eigenvalue weighted by Crippen LogP contribution is 2.39. The van der Waals surface area contributed by atoms with Crippen molar-refractivity contribution in [2.45, 2.75) is 25.5 Å². The van der Waals surface area contributed by atoms with E-state index in [-0.39, 0.29) is 23.8 Å². The highest BCUT2D eigenvalue weighted by atomic mass is 19.4. The first kappa shape index (κ1) is 31.9. The van der Waals surface area contributed by atoms with Gasteiger partial charge in [-0.3, -0.25) is 0 Å². The molecular formula is C28H11F9N4O2. The molecule has 0 saturated heterocycles. The number of rotatable bonds is 4. The molecule has 218 valence electrons. The summed E-state index contributed by atoms with van der Waals surface area (Å²) in [5.41, 5.74) is -6.17. The lowest BCUT2D eigenvalue weighted by Crippen LogP contribution is -2.19. The molecule has 0 radical (unpaired) electrons. The minimum absolute atomic E-state index is 0.0719. The fourth-order valence-electron chi connectivity index (χ4n) is 3.62. The molecular weight excluding hydrogens is 595 g/mol. The zero-order valence-corrected chi connectivity index (χ0v) is 21.1. The lowest BCUT2D eigenvalue weighted by atomic mass is 10.1. The summed E-state index contributed by atoms with van der Waals surface area (Å²) >= 11 is 0. The zero-order valence-electron chi connectivity index (χ0n) is 21.1. The van der Waals surface area contributed by atoms with Crippen molar-refractivity contribution < 1.29 is 49.0 Å². The van der Waals surface area contributed by atoms with Crippen molar-refractivity contribution in [2.24, 2.45) is 0 Å². The van der Waals surface area contributed by atoms with Crippen molar-refractivity contribution >= 4 is 11.1 Å². The van der Waals surface area contributed by atoms with Crippen LogP contribution in [0.2, 0.25) is 0 Å². The molecule has 0 aliphatic rings. The van der Waals surface area contributed by atoms with Gasteiger partial charge in [0.05, 0.1) is 16.7 Å². The first-order valence-corrected chi connectivity index (χ1v) is 11.3. The third-order valence-electron chi connectivity index (χ3n) is 5.46. The van der Waals surface area contributed by atoms with Crippen molar-refractivity contribution in [1.82, 2.24) is 0 Å². The Hall–Kier alpha value is -5.67. The molecule has 0 atom stereocenters. The van der Waals surface area contributed by atoms with Gasteiger partial charge in [-0.2, -0.15) is 60.6 Å². The highest BCUT2D eigenvalue weighted by Gasteiger charge is 2.37. The van der Waals surface area contributed by atoms with Gasteiger partial charge in [-0.25, -0.2) is 0 Å². The second-order valence-electron chi connectivity index (χ2n) is 8.52. The number of hydrogen-bond acceptors (Lipinski definition) is 6. The molecule has 3 aromatic rings. The Kier molecular flexibility index (Phi) is 8.65. The maximum Gasteiger partial charge on any atom is 0.416 e. The predicted molar refractivity (Wildman–Crippen MR) is 128 cm³/mol. The summed E-state index contributed by atoms with van der Waals surface area (Å²) in [6, 6.07) is 10.1. The third kappa shape index (κ3) is 7.35. The van der Waals surface area contributed by atoms with Crippen molar-refractivity contribution in [3.8, 4) is 47.3 Å². The van der Waals surface area contributed by atoms with E-state index in [1.165, 1.54) is 31.2 Å². The molecule has 0 spiro atoms. The van der Waals surface area contributed by atoms with Crippen LogP contribution in [0.25, 0.3) is 11.1 Å². The second-order valence-corrected chi connectivity index (χ2v) is 8.52. The smallest absolute Gasteiger partial charge is 0.416 e. The maximum atomic E-state index is 13.4. The molecule has 0 unspecified atom stereocenters. The van der Waals surface area contributed by atoms with E-state index < -0.39 is 79.8 Å². The third-order valence-corrected chi connectivity index (χ3v) is 5.46. The Morgan fingerprint density at radius 3 is 1.16 bits per heavy atom. The first-order valence-electron chi connectivity index (χ1n) is 11.3. The largest absolute Gasteiger partial charge is 0.457 e. The van der Waals surface area contributed by atoms with E-state index in [2.05, 4.69) is 0 Å². The number of halogens is 9. The van der Waals surface area contributed by atoms with E-state index in [0.29, 0.717) is 6.07 Å². The molecule has 43 heavy (non-hydrogen) atoms. The SMILES string of the molecule is Cc1cc(Oc2cc(=C(C#N)C#N)c(Oc3cc(C(F)(F)F)cc(C(F)(F)F)c3)cc2=C(C#N)C#N)cc(C(F)(F)F)c1. The Bertz CT molecular complexity index is 1830. The summed E-state index contributed by atoms with van der Waals surface area (Å²) in [6.07, 6.45) is -15.3. The number of alkyl halides is 9. The predicted octanol–water partition coefficient (Wildman–Crippen LogP) is 7.03. The van der Waals surface area contributed by atoms with Gasteiger partial charge in [-0.1, -0.05) is 0 Å². The van der Waals surface area contributed by atoms with Gasteiger partial charge in [0.15, 0.2) is 0 Å². The van der Waals surface area contributed by atoms with Crippen LogP contribution in [0.4, 0.5) is 39.5 Å². The standard InChI is InChI=1S/C28H11F9N4O2/c1-14-2-17(26(29,30)31)5-20(3-14)42-24-8-23(16(12-40)13-41)25(9-22(24)15(10-38)11-39)43-21-6-18(27(32,33)34)4-19(7-21)28(35,36)37/h2-9H,1H3. The van der Waals surface area contributed by atoms with Gasteiger partial charge in [-0.05, 0) is 61.0 Å². The van der Waals surface area contributed by atoms with Gasteiger partial charge < -0.3 is 9.47 Å². The minimum atomic E-state index is -5.26. The monoisotopic (exact) mass is 606 g/mol. The maximum absolute atomic E-state index is 13.4. The molecule has 0 amide bonds. The van der Waals surface area contributed by atoms with Crippen molar-refractivity contribution in [2.75, 3.05) is 0 Å². The summed E-state index contributed by atoms with van der Waals surface area (Å²) in [5.74, 6) is -2.84. The summed E-state index contributed by atoms with van der Waals surface area (Å²) in [6.45, 7) is 1.30. The number of aryl methyl sites for hydroxylation is 1. The summed E-state index contributed by atoms with van der Waals surface area (Å²) in [4.78, 5) is 0. The topological polar surface area (TPSA) is 114 Å². The summed E-state index contributed by atoms with van der Waals surface area (Å²) in [5, 5.41) is 36.7. The van der Waals surface area contributed by atoms with Gasteiger partial charge >= 0.3 is 18.5 Å². The molecule has 0 N–H and O–H groups in total. The number of hydrogen-bond donors (Lipinski definition) is 0. The van der Waals surface area contributed by atoms with Crippen LogP contribution in [-0.4, -0.2) is 0 Å². The van der Waals surface area contributed by atoms with Crippen LogP contribution in [0.5, 0.6) is 23.0 Å². The first-order chi connectivity index (χ1) is 19.9. The van der Waals surface area contributed by atoms with Crippen LogP contribution >= 0.6 is 0 Å². The number of ether oxygens (including phenoxy) is 2. The van der Waals surface area contributed by atoms with Gasteiger partial charge in [0.2, 0.25) is 0 Å². The number of nitrogens with zero attached hydrogens (tertiary/aromatic N) is 4. The quantitative estimate of drug-likeness (QED) is 0.295. The average Bonchev–Trinajstić information content (AvgIpc) is 2.90. The average molecular weight is 606 g/mol. The molecule has 0 saturated carbocycles. The van der Waals surface area contributed by atoms with E-state index in [1.807, 2.05) is 0 Å². The van der Waals surface area contributed by atoms with Crippen LogP contribution in [0, 0.1) is 52.2 Å². The molecule has 0 heterocycles. The van der Waals surface area contributed by atoms with Crippen molar-refractivity contribution in [3.05, 3.63) is 81.2 Å². The van der Waals surface area contributed by atoms with Gasteiger partial charge in [0, 0.05) is 10.4 Å². The normalized spacial score (nSPS) is 11.4. The van der Waals surface area contributed by atoms with Crippen LogP contribution in [0.1, 0.15) is 22.3 Å². The lowest BCUT2D eigenvalue weighted by Gasteiger charge is -2.16. The van der Waals surface area contributed by atoms with Gasteiger partial charge in [0.1, 0.15) is 58.4 Å². The van der Waals surface area contributed by atoms with Gasteiger partial charge in [-0.15, -0.1) is 0 Å². The van der Waals surface area contributed by atoms with E-state index in [0.717, 1.165) is 24.3 Å². The molecule has 0 aliphatic heterocycles. The van der Waals surface area contributed by atoms with E-state index in [4.69, 9.17) is 9.47 Å². The molecule has 3 aromatic carbocycles. The molecule has 3 rings (SSSR count). The Morgan fingerprint density at radius 2 is 0.837 bits per heavy atom. The molecule has 0 fully saturated rings. The Balaban J connectivity index is 2.39. The molecule has 6 nitrogen and oxygen atoms in total. The molecule has 15 heteroatoms. The summed E-state index contributed by atoms with van der Waals surface area (Å²) < 4.78 is 131. The lowest BCUT2D eigenvalue weighted by molar-refractivity contribution is -0.143. The second kappa shape index (κ2) is 11.7. The molecule has 0 bridgehead atoms. The molecule has 0 aromatic heterocycles. The van der Waals surface area contributed by atoms with Gasteiger partial charge in [0.25, 0.3) is 0 Å².